The Labute approximate surface area is 160 Å². The molecule has 3 fully saturated rings. The first-order valence-corrected chi connectivity index (χ1v) is 10.1. The molecule has 1 aromatic heterocycles. The van der Waals surface area contributed by atoms with E-state index in [9.17, 15) is 14.0 Å². The predicted molar refractivity (Wildman–Crippen MR) is 97.1 cm³/mol. The molecule has 140 valence electrons. The minimum atomic E-state index is -0.454. The van der Waals surface area contributed by atoms with E-state index < -0.39 is 5.91 Å². The normalized spacial score (nSPS) is 27.2. The van der Waals surface area contributed by atoms with Crippen molar-refractivity contribution in [3.05, 3.63) is 35.1 Å². The fourth-order valence-electron chi connectivity index (χ4n) is 4.35. The molecule has 0 radical (unpaired) electrons. The van der Waals surface area contributed by atoms with Crippen LogP contribution >= 0.6 is 11.3 Å². The van der Waals surface area contributed by atoms with Crippen LogP contribution in [0.25, 0.3) is 10.6 Å². The van der Waals surface area contributed by atoms with Crippen LogP contribution in [0.4, 0.5) is 4.39 Å². The second-order valence-corrected chi connectivity index (χ2v) is 8.68. The topological polar surface area (TPSA) is 66.4 Å². The SMILES string of the molecule is O=C1C(=O)N(C2CC3CC3C2)CCN1Cc1nnc(-c2cccc(F)c2)s1. The molecule has 2 atom stereocenters. The van der Waals surface area contributed by atoms with Crippen molar-refractivity contribution in [3.63, 3.8) is 0 Å². The van der Waals surface area contributed by atoms with Crippen LogP contribution in [0.2, 0.25) is 0 Å². The largest absolute Gasteiger partial charge is 0.330 e. The van der Waals surface area contributed by atoms with E-state index in [0.717, 1.165) is 24.7 Å². The molecule has 8 heteroatoms. The molecule has 2 heterocycles. The molecule has 27 heavy (non-hydrogen) atoms. The van der Waals surface area contributed by atoms with Crippen LogP contribution < -0.4 is 0 Å². The minimum absolute atomic E-state index is 0.244. The van der Waals surface area contributed by atoms with E-state index in [1.165, 1.54) is 29.9 Å². The van der Waals surface area contributed by atoms with Gasteiger partial charge in [-0.3, -0.25) is 9.59 Å². The van der Waals surface area contributed by atoms with Crippen molar-refractivity contribution in [3.8, 4) is 10.6 Å². The van der Waals surface area contributed by atoms with Crippen molar-refractivity contribution in [1.82, 2.24) is 20.0 Å². The van der Waals surface area contributed by atoms with Crippen LogP contribution in [0.3, 0.4) is 0 Å². The number of benzene rings is 1. The molecule has 5 rings (SSSR count). The molecule has 2 aliphatic carbocycles. The highest BCUT2D eigenvalue weighted by Gasteiger charge is 2.50. The fourth-order valence-corrected chi connectivity index (χ4v) is 5.20. The summed E-state index contributed by atoms with van der Waals surface area (Å²) in [5.41, 5.74) is 0.658. The molecule has 1 aromatic carbocycles. The average Bonchev–Trinajstić information content (AvgIpc) is 3.06. The monoisotopic (exact) mass is 386 g/mol. The van der Waals surface area contributed by atoms with Crippen molar-refractivity contribution < 1.29 is 14.0 Å². The number of hydrogen-bond donors (Lipinski definition) is 0. The number of piperazine rings is 1. The number of carbonyl (C=O) groups excluding carboxylic acids is 2. The minimum Gasteiger partial charge on any atom is -0.330 e. The van der Waals surface area contributed by atoms with Crippen LogP contribution in [0.1, 0.15) is 24.3 Å². The molecule has 3 aliphatic rings. The molecule has 1 aliphatic heterocycles. The Bertz CT molecular complexity index is 907. The van der Waals surface area contributed by atoms with E-state index in [1.807, 2.05) is 0 Å². The lowest BCUT2D eigenvalue weighted by Gasteiger charge is -2.37. The number of amides is 2. The third-order valence-corrected chi connectivity index (χ3v) is 6.82. The van der Waals surface area contributed by atoms with Crippen molar-refractivity contribution in [2.24, 2.45) is 11.8 Å². The summed E-state index contributed by atoms with van der Waals surface area (Å²) in [6.07, 6.45) is 3.40. The van der Waals surface area contributed by atoms with Gasteiger partial charge in [0.15, 0.2) is 0 Å². The second-order valence-electron chi connectivity index (χ2n) is 7.62. The number of rotatable bonds is 4. The molecular formula is C19H19FN4O2S. The van der Waals surface area contributed by atoms with Crippen molar-refractivity contribution >= 4 is 23.2 Å². The van der Waals surface area contributed by atoms with E-state index >= 15 is 0 Å². The molecule has 0 bridgehead atoms. The van der Waals surface area contributed by atoms with Crippen LogP contribution in [-0.2, 0) is 16.1 Å². The molecule has 2 aromatic rings. The first-order chi connectivity index (χ1) is 13.1. The summed E-state index contributed by atoms with van der Waals surface area (Å²) in [5.74, 6) is 0.384. The van der Waals surface area contributed by atoms with Crippen LogP contribution in [0.15, 0.2) is 24.3 Å². The van der Waals surface area contributed by atoms with Gasteiger partial charge in [0.1, 0.15) is 15.8 Å². The Balaban J connectivity index is 1.25. The van der Waals surface area contributed by atoms with Gasteiger partial charge in [0, 0.05) is 24.7 Å². The molecule has 2 amide bonds. The van der Waals surface area contributed by atoms with Crippen molar-refractivity contribution in [2.45, 2.75) is 31.8 Å². The highest BCUT2D eigenvalue weighted by Crippen LogP contribution is 2.53. The number of nitrogens with zero attached hydrogens (tertiary/aromatic N) is 4. The number of carbonyl (C=O) groups is 2. The predicted octanol–water partition coefficient (Wildman–Crippen LogP) is 2.31. The van der Waals surface area contributed by atoms with Gasteiger partial charge in [-0.15, -0.1) is 10.2 Å². The van der Waals surface area contributed by atoms with E-state index in [-0.39, 0.29) is 24.3 Å². The summed E-state index contributed by atoms with van der Waals surface area (Å²) in [4.78, 5) is 28.4. The molecule has 0 spiro atoms. The number of halogens is 1. The molecule has 2 unspecified atom stereocenters. The Kier molecular flexibility index (Phi) is 3.96. The van der Waals surface area contributed by atoms with E-state index in [1.54, 1.807) is 21.9 Å². The Morgan fingerprint density at radius 1 is 1.07 bits per heavy atom. The van der Waals surface area contributed by atoms with Crippen LogP contribution in [0, 0.1) is 17.7 Å². The third kappa shape index (κ3) is 3.12. The number of hydrogen-bond acceptors (Lipinski definition) is 5. The lowest BCUT2D eigenvalue weighted by Crippen LogP contribution is -2.56. The van der Waals surface area contributed by atoms with Gasteiger partial charge in [-0.25, -0.2) is 4.39 Å². The molecular weight excluding hydrogens is 367 g/mol. The van der Waals surface area contributed by atoms with Gasteiger partial charge in [-0.1, -0.05) is 23.5 Å². The second kappa shape index (κ2) is 6.37. The first kappa shape index (κ1) is 16.8. The summed E-state index contributed by atoms with van der Waals surface area (Å²) < 4.78 is 13.4. The van der Waals surface area contributed by atoms with Crippen LogP contribution in [-0.4, -0.2) is 50.9 Å². The standard InChI is InChI=1S/C19H19FN4O2S/c20-14-3-1-2-11(7-14)17-22-21-16(27-17)10-23-4-5-24(19(26)18(23)25)15-8-12-6-13(12)9-15/h1-3,7,12-13,15H,4-6,8-10H2. The molecule has 1 saturated heterocycles. The first-order valence-electron chi connectivity index (χ1n) is 9.26. The fraction of sp³-hybridized carbons (Fsp3) is 0.474. The van der Waals surface area contributed by atoms with Crippen molar-refractivity contribution in [2.75, 3.05) is 13.1 Å². The lowest BCUT2D eigenvalue weighted by molar-refractivity contribution is -0.158. The van der Waals surface area contributed by atoms with Gasteiger partial charge >= 0.3 is 11.8 Å². The molecule has 6 nitrogen and oxygen atoms in total. The zero-order valence-electron chi connectivity index (χ0n) is 14.7. The van der Waals surface area contributed by atoms with E-state index in [0.29, 0.717) is 28.7 Å². The zero-order valence-corrected chi connectivity index (χ0v) is 15.5. The maximum Gasteiger partial charge on any atom is 0.312 e. The summed E-state index contributed by atoms with van der Waals surface area (Å²) in [6.45, 7) is 1.37. The van der Waals surface area contributed by atoms with Gasteiger partial charge in [-0.2, -0.15) is 0 Å². The van der Waals surface area contributed by atoms with Crippen LogP contribution in [0.5, 0.6) is 0 Å². The van der Waals surface area contributed by atoms with Gasteiger partial charge in [0.25, 0.3) is 0 Å². The van der Waals surface area contributed by atoms with E-state index in [4.69, 9.17) is 0 Å². The summed E-state index contributed by atoms with van der Waals surface area (Å²) >= 11 is 1.32. The van der Waals surface area contributed by atoms with Gasteiger partial charge in [-0.05, 0) is 43.2 Å². The highest BCUT2D eigenvalue weighted by atomic mass is 32.1. The highest BCUT2D eigenvalue weighted by molar-refractivity contribution is 7.14. The van der Waals surface area contributed by atoms with E-state index in [2.05, 4.69) is 10.2 Å². The summed E-state index contributed by atoms with van der Waals surface area (Å²) in [6, 6.07) is 6.42. The smallest absolute Gasteiger partial charge is 0.312 e. The van der Waals surface area contributed by atoms with Gasteiger partial charge in [0.05, 0.1) is 6.54 Å². The van der Waals surface area contributed by atoms with Crippen molar-refractivity contribution in [1.29, 1.82) is 0 Å². The average molecular weight is 386 g/mol. The lowest BCUT2D eigenvalue weighted by atomic mass is 10.1. The van der Waals surface area contributed by atoms with Gasteiger partial charge < -0.3 is 9.80 Å². The van der Waals surface area contributed by atoms with Gasteiger partial charge in [0.2, 0.25) is 0 Å². The zero-order chi connectivity index (χ0) is 18.5. The number of aromatic nitrogens is 2. The maximum absolute atomic E-state index is 13.4. The maximum atomic E-state index is 13.4. The Hall–Kier alpha value is -2.35. The molecule has 2 saturated carbocycles. The summed E-state index contributed by atoms with van der Waals surface area (Å²) in [5, 5.41) is 9.46. The number of fused-ring (bicyclic) bond motifs is 1. The Morgan fingerprint density at radius 2 is 1.89 bits per heavy atom. The Morgan fingerprint density at radius 3 is 2.67 bits per heavy atom. The molecule has 0 N–H and O–H groups in total. The quantitative estimate of drug-likeness (QED) is 0.757. The summed E-state index contributed by atoms with van der Waals surface area (Å²) in [7, 11) is 0. The third-order valence-electron chi connectivity index (χ3n) is 5.87.